The van der Waals surface area contributed by atoms with Crippen LogP contribution in [-0.2, 0) is 9.84 Å². The molecule has 0 heterocycles. The number of sulfone groups is 1. The molecule has 0 aliphatic heterocycles. The summed E-state index contributed by atoms with van der Waals surface area (Å²) in [7, 11) is -3.24. The van der Waals surface area contributed by atoms with E-state index in [1.807, 2.05) is 32.9 Å². The maximum absolute atomic E-state index is 12.6. The van der Waals surface area contributed by atoms with Crippen molar-refractivity contribution in [3.8, 4) is 0 Å². The molecule has 0 aliphatic rings. The van der Waals surface area contributed by atoms with Gasteiger partial charge >= 0.3 is 0 Å². The number of hydrogen-bond acceptors (Lipinski definition) is 3. The van der Waals surface area contributed by atoms with Crippen LogP contribution in [0.15, 0.2) is 47.4 Å². The molecule has 1 unspecified atom stereocenters. The Kier molecular flexibility index (Phi) is 4.52. The van der Waals surface area contributed by atoms with Gasteiger partial charge in [-0.3, -0.25) is 4.79 Å². The Morgan fingerprint density at radius 2 is 1.45 bits per heavy atom. The van der Waals surface area contributed by atoms with Gasteiger partial charge in [-0.2, -0.15) is 0 Å². The molecule has 0 N–H and O–H groups in total. The van der Waals surface area contributed by atoms with E-state index in [1.165, 1.54) is 12.1 Å². The summed E-state index contributed by atoms with van der Waals surface area (Å²) in [5, 5.41) is 0. The monoisotopic (exact) mass is 316 g/mol. The van der Waals surface area contributed by atoms with Crippen molar-refractivity contribution in [3.63, 3.8) is 0 Å². The summed E-state index contributed by atoms with van der Waals surface area (Å²) in [6, 6.07) is 12.2. The van der Waals surface area contributed by atoms with Gasteiger partial charge in [0.05, 0.1) is 4.90 Å². The normalized spacial score (nSPS) is 12.9. The van der Waals surface area contributed by atoms with Crippen molar-refractivity contribution >= 4 is 15.6 Å². The van der Waals surface area contributed by atoms with E-state index in [9.17, 15) is 13.2 Å². The SMILES string of the molecule is Cc1cc(C)cc(C(C)C(=O)c2ccc(S(C)(=O)=O)cc2)c1. The number of carbonyl (C=O) groups excluding carboxylic acids is 1. The predicted octanol–water partition coefficient (Wildman–Crippen LogP) is 3.69. The molecule has 22 heavy (non-hydrogen) atoms. The fourth-order valence-electron chi connectivity index (χ4n) is 2.53. The molecular formula is C18H20O3S. The summed E-state index contributed by atoms with van der Waals surface area (Å²) in [6.07, 6.45) is 1.15. The van der Waals surface area contributed by atoms with Crippen LogP contribution < -0.4 is 0 Å². The Morgan fingerprint density at radius 3 is 1.91 bits per heavy atom. The lowest BCUT2D eigenvalue weighted by molar-refractivity contribution is 0.0966. The smallest absolute Gasteiger partial charge is 0.175 e. The fraction of sp³-hybridized carbons (Fsp3) is 0.278. The number of ketones is 1. The van der Waals surface area contributed by atoms with Gasteiger partial charge in [0, 0.05) is 17.7 Å². The molecule has 116 valence electrons. The first kappa shape index (κ1) is 16.4. The molecular weight excluding hydrogens is 296 g/mol. The highest BCUT2D eigenvalue weighted by atomic mass is 32.2. The molecule has 3 nitrogen and oxygen atoms in total. The summed E-state index contributed by atoms with van der Waals surface area (Å²) in [5.41, 5.74) is 3.76. The summed E-state index contributed by atoms with van der Waals surface area (Å²) in [4.78, 5) is 12.8. The minimum absolute atomic E-state index is 0.00921. The lowest BCUT2D eigenvalue weighted by Gasteiger charge is -2.13. The number of hydrogen-bond donors (Lipinski definition) is 0. The van der Waals surface area contributed by atoms with Crippen molar-refractivity contribution < 1.29 is 13.2 Å². The minimum Gasteiger partial charge on any atom is -0.294 e. The summed E-state index contributed by atoms with van der Waals surface area (Å²) in [5.74, 6) is -0.271. The molecule has 2 aromatic rings. The van der Waals surface area contributed by atoms with E-state index in [4.69, 9.17) is 0 Å². The van der Waals surface area contributed by atoms with Gasteiger partial charge in [-0.1, -0.05) is 48.4 Å². The number of carbonyl (C=O) groups is 1. The van der Waals surface area contributed by atoms with E-state index in [0.29, 0.717) is 5.56 Å². The topological polar surface area (TPSA) is 51.2 Å². The zero-order valence-corrected chi connectivity index (χ0v) is 14.1. The van der Waals surface area contributed by atoms with Crippen LogP contribution in [0.3, 0.4) is 0 Å². The molecule has 4 heteroatoms. The largest absolute Gasteiger partial charge is 0.294 e. The van der Waals surface area contributed by atoms with Crippen LogP contribution in [0, 0.1) is 13.8 Å². The molecule has 0 bridgehead atoms. The number of aryl methyl sites for hydroxylation is 2. The highest BCUT2D eigenvalue weighted by molar-refractivity contribution is 7.90. The maximum Gasteiger partial charge on any atom is 0.175 e. The van der Waals surface area contributed by atoms with Crippen molar-refractivity contribution in [1.82, 2.24) is 0 Å². The number of rotatable bonds is 4. The quantitative estimate of drug-likeness (QED) is 0.808. The van der Waals surface area contributed by atoms with Crippen LogP contribution in [0.1, 0.15) is 39.9 Å². The van der Waals surface area contributed by atoms with Gasteiger partial charge in [-0.15, -0.1) is 0 Å². The minimum atomic E-state index is -3.24. The van der Waals surface area contributed by atoms with Gasteiger partial charge in [0.25, 0.3) is 0 Å². The Balaban J connectivity index is 2.31. The molecule has 1 atom stereocenters. The number of benzene rings is 2. The van der Waals surface area contributed by atoms with E-state index in [0.717, 1.165) is 22.9 Å². The Hall–Kier alpha value is -1.94. The van der Waals surface area contributed by atoms with Gasteiger partial charge in [0.15, 0.2) is 15.6 Å². The highest BCUT2D eigenvalue weighted by Crippen LogP contribution is 2.23. The van der Waals surface area contributed by atoms with E-state index in [1.54, 1.807) is 12.1 Å². The first-order chi connectivity index (χ1) is 10.2. The first-order valence-corrected chi connectivity index (χ1v) is 9.00. The van der Waals surface area contributed by atoms with Crippen molar-refractivity contribution in [1.29, 1.82) is 0 Å². The van der Waals surface area contributed by atoms with Gasteiger partial charge in [0.1, 0.15) is 0 Å². The van der Waals surface area contributed by atoms with Gasteiger partial charge in [-0.05, 0) is 31.5 Å². The third kappa shape index (κ3) is 3.63. The third-order valence-electron chi connectivity index (χ3n) is 3.70. The van der Waals surface area contributed by atoms with E-state index in [-0.39, 0.29) is 16.6 Å². The van der Waals surface area contributed by atoms with Gasteiger partial charge < -0.3 is 0 Å². The molecule has 0 fully saturated rings. The maximum atomic E-state index is 12.6. The van der Waals surface area contributed by atoms with Crippen LogP contribution in [0.25, 0.3) is 0 Å². The zero-order chi connectivity index (χ0) is 16.5. The molecule has 0 radical (unpaired) electrons. The molecule has 0 aromatic heterocycles. The number of Topliss-reactive ketones (excluding diaryl/α,β-unsaturated/α-hetero) is 1. The van der Waals surface area contributed by atoms with Gasteiger partial charge in [-0.25, -0.2) is 8.42 Å². The predicted molar refractivity (Wildman–Crippen MR) is 88.2 cm³/mol. The van der Waals surface area contributed by atoms with Gasteiger partial charge in [0.2, 0.25) is 0 Å². The highest BCUT2D eigenvalue weighted by Gasteiger charge is 2.18. The molecule has 0 amide bonds. The molecule has 0 saturated carbocycles. The van der Waals surface area contributed by atoms with E-state index < -0.39 is 9.84 Å². The van der Waals surface area contributed by atoms with Crippen molar-refractivity contribution in [3.05, 3.63) is 64.7 Å². The summed E-state index contributed by atoms with van der Waals surface area (Å²) < 4.78 is 22.9. The molecule has 2 aromatic carbocycles. The second-order valence-electron chi connectivity index (χ2n) is 5.80. The van der Waals surface area contributed by atoms with Crippen LogP contribution in [0.5, 0.6) is 0 Å². The van der Waals surface area contributed by atoms with Crippen molar-refractivity contribution in [2.45, 2.75) is 31.6 Å². The molecule has 0 spiro atoms. The lowest BCUT2D eigenvalue weighted by Crippen LogP contribution is -2.10. The second kappa shape index (κ2) is 6.05. The van der Waals surface area contributed by atoms with Crippen LogP contribution in [0.4, 0.5) is 0 Å². The van der Waals surface area contributed by atoms with Crippen molar-refractivity contribution in [2.75, 3.05) is 6.26 Å². The summed E-state index contributed by atoms with van der Waals surface area (Å²) in [6.45, 7) is 5.89. The molecule has 0 saturated heterocycles. The fourth-order valence-corrected chi connectivity index (χ4v) is 3.16. The second-order valence-corrected chi connectivity index (χ2v) is 7.82. The Labute approximate surface area is 131 Å². The third-order valence-corrected chi connectivity index (χ3v) is 4.83. The zero-order valence-electron chi connectivity index (χ0n) is 13.3. The van der Waals surface area contributed by atoms with Crippen LogP contribution >= 0.6 is 0 Å². The first-order valence-electron chi connectivity index (χ1n) is 7.11. The van der Waals surface area contributed by atoms with Crippen LogP contribution in [-0.4, -0.2) is 20.5 Å². The average Bonchev–Trinajstić information content (AvgIpc) is 2.44. The Bertz CT molecular complexity index is 782. The Morgan fingerprint density at radius 1 is 0.955 bits per heavy atom. The standard InChI is InChI=1S/C18H20O3S/c1-12-9-13(2)11-16(10-12)14(3)18(19)15-5-7-17(8-6-15)22(4,20)21/h5-11,14H,1-4H3. The summed E-state index contributed by atoms with van der Waals surface area (Å²) >= 11 is 0. The molecule has 2 rings (SSSR count). The van der Waals surface area contributed by atoms with E-state index in [2.05, 4.69) is 6.07 Å². The van der Waals surface area contributed by atoms with Crippen molar-refractivity contribution in [2.24, 2.45) is 0 Å². The average molecular weight is 316 g/mol. The van der Waals surface area contributed by atoms with E-state index >= 15 is 0 Å². The molecule has 0 aliphatic carbocycles. The lowest BCUT2D eigenvalue weighted by atomic mass is 9.90. The van der Waals surface area contributed by atoms with Crippen LogP contribution in [0.2, 0.25) is 0 Å².